The largest absolute Gasteiger partial charge is 0.481 e. The first kappa shape index (κ1) is 17.1. The van der Waals surface area contributed by atoms with Crippen molar-refractivity contribution in [3.63, 3.8) is 0 Å². The number of carbonyl (C=O) groups is 1. The Hall–Kier alpha value is -1.77. The van der Waals surface area contributed by atoms with E-state index in [0.29, 0.717) is 13.0 Å². The van der Waals surface area contributed by atoms with Crippen LogP contribution >= 0.6 is 0 Å². The maximum Gasteiger partial charge on any atom is 0.261 e. The van der Waals surface area contributed by atoms with Gasteiger partial charge in [0.25, 0.3) is 5.91 Å². The lowest BCUT2D eigenvalue weighted by Gasteiger charge is -2.21. The Balaban J connectivity index is 1.57. The summed E-state index contributed by atoms with van der Waals surface area (Å²) in [5.74, 6) is 0.830. The minimum atomic E-state index is -0.407. The molecule has 1 aromatic rings. The average Bonchev–Trinajstić information content (AvgIpc) is 2.65. The van der Waals surface area contributed by atoms with Crippen LogP contribution in [0.25, 0.3) is 0 Å². The van der Waals surface area contributed by atoms with Gasteiger partial charge in [0.1, 0.15) is 5.75 Å². The van der Waals surface area contributed by atoms with E-state index < -0.39 is 6.10 Å². The summed E-state index contributed by atoms with van der Waals surface area (Å²) in [5, 5.41) is 3.05. The monoisotopic (exact) mass is 327 g/mol. The molecule has 0 aliphatic heterocycles. The molecule has 3 rings (SSSR count). The lowest BCUT2D eigenvalue weighted by atomic mass is 9.92. The van der Waals surface area contributed by atoms with Crippen LogP contribution in [0, 0.1) is 0 Å². The predicted molar refractivity (Wildman–Crippen MR) is 97.4 cm³/mol. The van der Waals surface area contributed by atoms with Crippen molar-refractivity contribution < 1.29 is 9.53 Å². The highest BCUT2D eigenvalue weighted by Crippen LogP contribution is 2.26. The number of amides is 1. The number of aryl methyl sites for hydroxylation is 2. The van der Waals surface area contributed by atoms with E-state index in [1.165, 1.54) is 48.8 Å². The first-order chi connectivity index (χ1) is 11.8. The van der Waals surface area contributed by atoms with Crippen LogP contribution in [0.4, 0.5) is 0 Å². The summed E-state index contributed by atoms with van der Waals surface area (Å²) in [6, 6.07) is 6.32. The molecule has 1 atom stereocenters. The van der Waals surface area contributed by atoms with Crippen molar-refractivity contribution >= 4 is 5.91 Å². The molecule has 0 aromatic heterocycles. The second-order valence-corrected chi connectivity index (χ2v) is 6.98. The van der Waals surface area contributed by atoms with E-state index in [9.17, 15) is 4.79 Å². The molecule has 0 fully saturated rings. The zero-order chi connectivity index (χ0) is 16.8. The van der Waals surface area contributed by atoms with Crippen LogP contribution in [0.15, 0.2) is 29.8 Å². The number of benzene rings is 1. The Morgan fingerprint density at radius 2 is 1.92 bits per heavy atom. The van der Waals surface area contributed by atoms with Gasteiger partial charge >= 0.3 is 0 Å². The molecule has 1 N–H and O–H groups in total. The van der Waals surface area contributed by atoms with E-state index >= 15 is 0 Å². The van der Waals surface area contributed by atoms with Crippen LogP contribution < -0.4 is 10.1 Å². The minimum Gasteiger partial charge on any atom is -0.481 e. The second kappa shape index (κ2) is 8.36. The van der Waals surface area contributed by atoms with Gasteiger partial charge in [0, 0.05) is 6.54 Å². The topological polar surface area (TPSA) is 38.3 Å². The minimum absolute atomic E-state index is 0.00157. The molecule has 0 saturated carbocycles. The Labute approximate surface area is 145 Å². The highest BCUT2D eigenvalue weighted by atomic mass is 16.5. The molecule has 1 amide bonds. The van der Waals surface area contributed by atoms with Gasteiger partial charge < -0.3 is 10.1 Å². The molecule has 0 bridgehead atoms. The van der Waals surface area contributed by atoms with Gasteiger partial charge in [-0.25, -0.2) is 0 Å². The fraction of sp³-hybridized carbons (Fsp3) is 0.571. The number of ether oxygens (including phenoxy) is 1. The fourth-order valence-electron chi connectivity index (χ4n) is 3.65. The molecule has 0 unspecified atom stereocenters. The molecular weight excluding hydrogens is 298 g/mol. The average molecular weight is 327 g/mol. The maximum absolute atomic E-state index is 12.4. The van der Waals surface area contributed by atoms with Gasteiger partial charge in [0.15, 0.2) is 6.10 Å². The van der Waals surface area contributed by atoms with Crippen LogP contribution in [-0.2, 0) is 17.6 Å². The number of hydrogen-bond acceptors (Lipinski definition) is 2. The normalized spacial score (nSPS) is 18.3. The summed E-state index contributed by atoms with van der Waals surface area (Å²) in [6.45, 7) is 2.67. The third kappa shape index (κ3) is 4.40. The van der Waals surface area contributed by atoms with Gasteiger partial charge in [-0.1, -0.05) is 24.6 Å². The van der Waals surface area contributed by atoms with Crippen molar-refractivity contribution in [1.82, 2.24) is 5.32 Å². The van der Waals surface area contributed by atoms with E-state index in [1.807, 2.05) is 13.0 Å². The van der Waals surface area contributed by atoms with E-state index in [1.54, 1.807) is 0 Å². The standard InChI is InChI=1S/C21H29NO2/c1-2-20(21(23)22-15-16-8-4-3-5-9-16)24-19-13-12-17-10-6-7-11-18(17)14-19/h8,12-14,20H,2-7,9-11,15H2,1H3,(H,22,23)/t20-/m1/s1. The predicted octanol–water partition coefficient (Wildman–Crippen LogP) is 4.34. The summed E-state index contributed by atoms with van der Waals surface area (Å²) < 4.78 is 6.00. The summed E-state index contributed by atoms with van der Waals surface area (Å²) >= 11 is 0. The summed E-state index contributed by atoms with van der Waals surface area (Å²) in [7, 11) is 0. The molecule has 24 heavy (non-hydrogen) atoms. The molecule has 1 aromatic carbocycles. The summed E-state index contributed by atoms with van der Waals surface area (Å²) in [4.78, 5) is 12.4. The van der Waals surface area contributed by atoms with Gasteiger partial charge in [-0.15, -0.1) is 0 Å². The summed E-state index contributed by atoms with van der Waals surface area (Å²) in [5.41, 5.74) is 4.19. The third-order valence-electron chi connectivity index (χ3n) is 5.14. The smallest absolute Gasteiger partial charge is 0.261 e. The highest BCUT2D eigenvalue weighted by Gasteiger charge is 2.19. The highest BCUT2D eigenvalue weighted by molar-refractivity contribution is 5.81. The zero-order valence-electron chi connectivity index (χ0n) is 14.8. The van der Waals surface area contributed by atoms with Crippen LogP contribution in [0.1, 0.15) is 63.0 Å². The zero-order valence-corrected chi connectivity index (χ0v) is 14.8. The van der Waals surface area contributed by atoms with Crippen molar-refractivity contribution in [2.75, 3.05) is 6.54 Å². The van der Waals surface area contributed by atoms with Gasteiger partial charge in [0.2, 0.25) is 0 Å². The van der Waals surface area contributed by atoms with Gasteiger partial charge in [-0.3, -0.25) is 4.79 Å². The van der Waals surface area contributed by atoms with E-state index in [-0.39, 0.29) is 5.91 Å². The lowest BCUT2D eigenvalue weighted by Crippen LogP contribution is -2.39. The van der Waals surface area contributed by atoms with Crippen molar-refractivity contribution in [1.29, 1.82) is 0 Å². The molecule has 3 nitrogen and oxygen atoms in total. The lowest BCUT2D eigenvalue weighted by molar-refractivity contribution is -0.127. The van der Waals surface area contributed by atoms with Crippen LogP contribution in [0.2, 0.25) is 0 Å². The van der Waals surface area contributed by atoms with Crippen molar-refractivity contribution in [3.05, 3.63) is 41.0 Å². The number of rotatable bonds is 6. The second-order valence-electron chi connectivity index (χ2n) is 6.98. The Kier molecular flexibility index (Phi) is 5.95. The van der Waals surface area contributed by atoms with Crippen LogP contribution in [0.5, 0.6) is 5.75 Å². The molecular formula is C21H29NO2. The molecule has 2 aliphatic carbocycles. The summed E-state index contributed by atoms with van der Waals surface area (Å²) in [6.07, 6.45) is 12.2. The van der Waals surface area contributed by atoms with E-state index in [4.69, 9.17) is 4.74 Å². The van der Waals surface area contributed by atoms with Gasteiger partial charge in [0.05, 0.1) is 0 Å². The van der Waals surface area contributed by atoms with E-state index in [2.05, 4.69) is 23.5 Å². The molecule has 130 valence electrons. The van der Waals surface area contributed by atoms with Crippen molar-refractivity contribution in [3.8, 4) is 5.75 Å². The molecule has 3 heteroatoms. The Morgan fingerprint density at radius 1 is 1.12 bits per heavy atom. The maximum atomic E-state index is 12.4. The number of nitrogens with one attached hydrogen (secondary N) is 1. The number of fused-ring (bicyclic) bond motifs is 1. The fourth-order valence-corrected chi connectivity index (χ4v) is 3.65. The first-order valence-corrected chi connectivity index (χ1v) is 9.50. The third-order valence-corrected chi connectivity index (χ3v) is 5.14. The quantitative estimate of drug-likeness (QED) is 0.789. The SMILES string of the molecule is CC[C@@H](Oc1ccc2c(c1)CCCC2)C(=O)NCC1=CCCCC1. The number of hydrogen-bond donors (Lipinski definition) is 1. The number of allylic oxidation sites excluding steroid dienone is 1. The molecule has 2 aliphatic rings. The molecule has 0 heterocycles. The van der Waals surface area contributed by atoms with Crippen molar-refractivity contribution in [2.45, 2.75) is 70.8 Å². The van der Waals surface area contributed by atoms with Crippen LogP contribution in [0.3, 0.4) is 0 Å². The number of carbonyl (C=O) groups excluding carboxylic acids is 1. The Bertz CT molecular complexity index is 606. The molecule has 0 radical (unpaired) electrons. The van der Waals surface area contributed by atoms with Gasteiger partial charge in [-0.05, 0) is 81.0 Å². The van der Waals surface area contributed by atoms with Crippen molar-refractivity contribution in [2.24, 2.45) is 0 Å². The van der Waals surface area contributed by atoms with E-state index in [0.717, 1.165) is 25.0 Å². The Morgan fingerprint density at radius 3 is 2.67 bits per heavy atom. The van der Waals surface area contributed by atoms with Gasteiger partial charge in [-0.2, -0.15) is 0 Å². The van der Waals surface area contributed by atoms with Crippen LogP contribution in [-0.4, -0.2) is 18.6 Å². The molecule has 0 spiro atoms. The first-order valence-electron chi connectivity index (χ1n) is 9.50. The molecule has 0 saturated heterocycles.